The maximum absolute atomic E-state index is 12.3. The zero-order chi connectivity index (χ0) is 22.7. The molecule has 0 saturated carbocycles. The zero-order valence-corrected chi connectivity index (χ0v) is 16.4. The lowest BCUT2D eigenvalue weighted by Gasteiger charge is -2.27. The summed E-state index contributed by atoms with van der Waals surface area (Å²) in [4.78, 5) is 45.9. The van der Waals surface area contributed by atoms with Crippen LogP contribution in [0, 0.1) is 10.1 Å². The number of benzene rings is 2. The van der Waals surface area contributed by atoms with E-state index in [9.17, 15) is 24.5 Å². The molecule has 2 aromatic carbocycles. The lowest BCUT2D eigenvalue weighted by molar-refractivity contribution is -0.384. The van der Waals surface area contributed by atoms with Crippen molar-refractivity contribution in [1.82, 2.24) is 15.6 Å². The number of aromatic nitrogens is 2. The summed E-state index contributed by atoms with van der Waals surface area (Å²) in [6, 6.07) is 11.5. The second-order valence-electron chi connectivity index (χ2n) is 6.69. The molecule has 4 rings (SSSR count). The van der Waals surface area contributed by atoms with Gasteiger partial charge in [0.2, 0.25) is 17.7 Å². The lowest BCUT2D eigenvalue weighted by atomic mass is 10.2. The molecule has 0 spiro atoms. The Morgan fingerprint density at radius 1 is 1.09 bits per heavy atom. The van der Waals surface area contributed by atoms with Crippen LogP contribution in [0.25, 0.3) is 11.5 Å². The Morgan fingerprint density at radius 2 is 1.81 bits per heavy atom. The molecule has 0 radical (unpaired) electrons. The number of carbonyl (C=O) groups is 3. The van der Waals surface area contributed by atoms with Gasteiger partial charge < -0.3 is 9.15 Å². The average molecular weight is 437 g/mol. The fourth-order valence-corrected chi connectivity index (χ4v) is 2.90. The predicted octanol–water partition coefficient (Wildman–Crippen LogP) is 2.16. The van der Waals surface area contributed by atoms with Crippen LogP contribution in [0.1, 0.15) is 29.1 Å². The van der Waals surface area contributed by atoms with Crippen LogP contribution in [-0.4, -0.2) is 32.9 Å². The van der Waals surface area contributed by atoms with Crippen molar-refractivity contribution in [3.8, 4) is 11.5 Å². The third-order valence-corrected chi connectivity index (χ3v) is 4.53. The van der Waals surface area contributed by atoms with E-state index >= 15 is 0 Å². The first kappa shape index (κ1) is 20.7. The monoisotopic (exact) mass is 437 g/mol. The highest BCUT2D eigenvalue weighted by Crippen LogP contribution is 2.22. The fourth-order valence-electron chi connectivity index (χ4n) is 2.90. The van der Waals surface area contributed by atoms with E-state index in [0.717, 1.165) is 5.01 Å². The maximum atomic E-state index is 12.3. The molecule has 1 N–H and O–H groups in total. The number of hydrogen-bond acceptors (Lipinski definition) is 9. The Kier molecular flexibility index (Phi) is 5.57. The first-order valence-electron chi connectivity index (χ1n) is 9.37. The van der Waals surface area contributed by atoms with Gasteiger partial charge in [-0.25, -0.2) is 9.80 Å². The number of anilines is 1. The molecule has 1 saturated heterocycles. The molecule has 0 aliphatic carbocycles. The van der Waals surface area contributed by atoms with E-state index in [-0.39, 0.29) is 54.3 Å². The quantitative estimate of drug-likeness (QED) is 0.346. The summed E-state index contributed by atoms with van der Waals surface area (Å²) in [6.45, 7) is -0.277. The number of carbonyl (C=O) groups excluding carboxylic acids is 3. The van der Waals surface area contributed by atoms with Gasteiger partial charge in [-0.05, 0) is 36.4 Å². The van der Waals surface area contributed by atoms with E-state index in [1.165, 1.54) is 48.5 Å². The molecular weight excluding hydrogens is 422 g/mol. The summed E-state index contributed by atoms with van der Waals surface area (Å²) >= 11 is 0. The number of rotatable bonds is 6. The number of nitrogens with one attached hydrogen (secondary N) is 1. The molecule has 12 heteroatoms. The molecule has 32 heavy (non-hydrogen) atoms. The van der Waals surface area contributed by atoms with Crippen LogP contribution in [0.4, 0.5) is 11.4 Å². The molecule has 1 aliphatic heterocycles. The number of nitro benzene ring substituents is 1. The number of nitro groups is 1. The van der Waals surface area contributed by atoms with Gasteiger partial charge >= 0.3 is 5.97 Å². The topological polar surface area (TPSA) is 158 Å². The molecule has 0 atom stereocenters. The molecule has 3 aromatic rings. The highest BCUT2D eigenvalue weighted by Gasteiger charge is 2.24. The first-order valence-corrected chi connectivity index (χ1v) is 9.37. The van der Waals surface area contributed by atoms with Crippen LogP contribution in [0.5, 0.6) is 0 Å². The van der Waals surface area contributed by atoms with Gasteiger partial charge in [-0.2, -0.15) is 0 Å². The van der Waals surface area contributed by atoms with Gasteiger partial charge in [0, 0.05) is 30.5 Å². The zero-order valence-electron chi connectivity index (χ0n) is 16.4. The number of esters is 1. The number of non-ortho nitro benzene ring substituents is 1. The number of amides is 2. The van der Waals surface area contributed by atoms with Crippen molar-refractivity contribution in [1.29, 1.82) is 0 Å². The van der Waals surface area contributed by atoms with Crippen molar-refractivity contribution in [2.75, 3.05) is 5.01 Å². The van der Waals surface area contributed by atoms with Gasteiger partial charge in [0.15, 0.2) is 6.61 Å². The highest BCUT2D eigenvalue weighted by molar-refractivity contribution is 6.01. The Balaban J connectivity index is 1.36. The van der Waals surface area contributed by atoms with Crippen LogP contribution in [0.15, 0.2) is 52.9 Å². The van der Waals surface area contributed by atoms with Gasteiger partial charge in [-0.3, -0.25) is 25.1 Å². The minimum atomic E-state index is -0.652. The molecule has 2 amide bonds. The van der Waals surface area contributed by atoms with Crippen LogP contribution in [-0.2, 0) is 20.9 Å². The fraction of sp³-hybridized carbons (Fsp3) is 0.150. The van der Waals surface area contributed by atoms with Crippen LogP contribution >= 0.6 is 0 Å². The third-order valence-electron chi connectivity index (χ3n) is 4.53. The van der Waals surface area contributed by atoms with E-state index in [0.29, 0.717) is 11.3 Å². The SMILES string of the molecule is O=C1CCC(=O)N(c2ccc(C(=O)OCc3nnc(-c4ccc([N+](=O)[O-])cc4)o3)cc2)N1. The van der Waals surface area contributed by atoms with E-state index < -0.39 is 10.9 Å². The maximum Gasteiger partial charge on any atom is 0.338 e. The standard InChI is InChI=1S/C20H15N5O7/c26-16-9-10-18(27)24(23-16)14-5-3-13(4-6-14)20(28)31-11-17-21-22-19(32-17)12-1-7-15(8-2-12)25(29)30/h1-8H,9-11H2,(H,23,26). The van der Waals surface area contributed by atoms with Crippen molar-refractivity contribution in [2.45, 2.75) is 19.4 Å². The second-order valence-corrected chi connectivity index (χ2v) is 6.69. The molecule has 12 nitrogen and oxygen atoms in total. The van der Waals surface area contributed by atoms with Crippen molar-refractivity contribution >= 4 is 29.2 Å². The van der Waals surface area contributed by atoms with Gasteiger partial charge in [0.1, 0.15) is 0 Å². The van der Waals surface area contributed by atoms with Gasteiger partial charge in [0.05, 0.1) is 16.2 Å². The van der Waals surface area contributed by atoms with Crippen LogP contribution in [0.3, 0.4) is 0 Å². The van der Waals surface area contributed by atoms with Gasteiger partial charge in [-0.15, -0.1) is 10.2 Å². The van der Waals surface area contributed by atoms with Crippen LogP contribution in [0.2, 0.25) is 0 Å². The number of ether oxygens (including phenoxy) is 1. The number of hydrazine groups is 1. The molecule has 1 fully saturated rings. The lowest BCUT2D eigenvalue weighted by Crippen LogP contribution is -2.50. The molecule has 0 unspecified atom stereocenters. The third kappa shape index (κ3) is 4.43. The van der Waals surface area contributed by atoms with E-state index in [1.807, 2.05) is 0 Å². The van der Waals surface area contributed by atoms with Gasteiger partial charge in [-0.1, -0.05) is 0 Å². The van der Waals surface area contributed by atoms with Crippen LogP contribution < -0.4 is 10.4 Å². The normalized spacial score (nSPS) is 13.6. The van der Waals surface area contributed by atoms with E-state index in [4.69, 9.17) is 9.15 Å². The Bertz CT molecular complexity index is 1190. The smallest absolute Gasteiger partial charge is 0.338 e. The van der Waals surface area contributed by atoms with Crippen molar-refractivity contribution in [2.24, 2.45) is 0 Å². The summed E-state index contributed by atoms with van der Waals surface area (Å²) in [5.41, 5.74) is 3.53. The van der Waals surface area contributed by atoms with E-state index in [2.05, 4.69) is 15.6 Å². The molecule has 162 valence electrons. The van der Waals surface area contributed by atoms with Gasteiger partial charge in [0.25, 0.3) is 11.6 Å². The predicted molar refractivity (Wildman–Crippen MR) is 107 cm³/mol. The Hall–Kier alpha value is -4.61. The van der Waals surface area contributed by atoms with Crippen molar-refractivity contribution in [3.63, 3.8) is 0 Å². The highest BCUT2D eigenvalue weighted by atomic mass is 16.6. The van der Waals surface area contributed by atoms with Crippen molar-refractivity contribution < 1.29 is 28.5 Å². The minimum Gasteiger partial charge on any atom is -0.452 e. The summed E-state index contributed by atoms with van der Waals surface area (Å²) in [7, 11) is 0. The minimum absolute atomic E-state index is 0.0462. The number of nitrogens with zero attached hydrogens (tertiary/aromatic N) is 4. The van der Waals surface area contributed by atoms with Crippen molar-refractivity contribution in [3.05, 3.63) is 70.1 Å². The molecule has 1 aliphatic rings. The molecule has 1 aromatic heterocycles. The molecule has 2 heterocycles. The summed E-state index contributed by atoms with van der Waals surface area (Å²) in [6.07, 6.45) is 0.253. The second kappa shape index (κ2) is 8.63. The Labute approximate surface area is 179 Å². The average Bonchev–Trinajstić information content (AvgIpc) is 3.28. The summed E-state index contributed by atoms with van der Waals surface area (Å²) < 4.78 is 10.6. The first-order chi connectivity index (χ1) is 15.4. The number of hydrogen-bond donors (Lipinski definition) is 1. The molecule has 0 bridgehead atoms. The summed E-state index contributed by atoms with van der Waals surface area (Å²) in [5, 5.41) is 19.5. The summed E-state index contributed by atoms with van der Waals surface area (Å²) in [5.74, 6) is -0.991. The Morgan fingerprint density at radius 3 is 2.50 bits per heavy atom. The largest absolute Gasteiger partial charge is 0.452 e. The van der Waals surface area contributed by atoms with E-state index in [1.54, 1.807) is 0 Å². The molecular formula is C20H15N5O7.